The Balaban J connectivity index is 2.01. The van der Waals surface area contributed by atoms with Crippen LogP contribution in [0.25, 0.3) is 10.4 Å². The minimum atomic E-state index is -4.49. The molecule has 8 nitrogen and oxygen atoms in total. The van der Waals surface area contributed by atoms with Gasteiger partial charge in [-0.2, -0.15) is 13.2 Å². The molecule has 1 saturated heterocycles. The van der Waals surface area contributed by atoms with E-state index in [9.17, 15) is 36.6 Å². The summed E-state index contributed by atoms with van der Waals surface area (Å²) in [5.74, 6) is -4.61. The van der Waals surface area contributed by atoms with Crippen LogP contribution in [0.2, 0.25) is 0 Å². The number of likely N-dealkylation sites (tertiary alicyclic amines) is 1. The van der Waals surface area contributed by atoms with Crippen molar-refractivity contribution in [1.82, 2.24) is 20.2 Å². The molecular formula is C23H28F5N5O3S. The van der Waals surface area contributed by atoms with E-state index in [2.05, 4.69) is 20.6 Å². The number of anilines is 1. The van der Waals surface area contributed by atoms with Crippen LogP contribution in [0.15, 0.2) is 12.3 Å². The Morgan fingerprint density at radius 1 is 1.32 bits per heavy atom. The molecule has 0 aliphatic carbocycles. The summed E-state index contributed by atoms with van der Waals surface area (Å²) in [6, 6.07) is -1.29. The van der Waals surface area contributed by atoms with Crippen LogP contribution < -0.4 is 10.6 Å². The van der Waals surface area contributed by atoms with Gasteiger partial charge in [-0.25, -0.2) is 18.7 Å². The smallest absolute Gasteiger partial charge is 0.389 e. The first-order valence-electron chi connectivity index (χ1n) is 11.4. The van der Waals surface area contributed by atoms with E-state index in [4.69, 9.17) is 0 Å². The fourth-order valence-electron chi connectivity index (χ4n) is 3.71. The molecule has 0 radical (unpaired) electrons. The molecule has 3 rings (SSSR count). The van der Waals surface area contributed by atoms with E-state index in [-0.39, 0.29) is 27.9 Å². The number of hydrogen-bond acceptors (Lipinski definition) is 7. The fourth-order valence-corrected chi connectivity index (χ4v) is 4.76. The largest absolute Gasteiger partial charge is 0.408 e. The topological polar surface area (TPSA) is 107 Å². The molecule has 0 aromatic carbocycles. The summed E-state index contributed by atoms with van der Waals surface area (Å²) < 4.78 is 66.8. The van der Waals surface area contributed by atoms with Gasteiger partial charge in [0, 0.05) is 30.8 Å². The molecule has 1 fully saturated rings. The first-order valence-corrected chi connectivity index (χ1v) is 12.2. The molecule has 0 saturated carbocycles. The summed E-state index contributed by atoms with van der Waals surface area (Å²) in [5, 5.41) is 14.5. The maximum Gasteiger partial charge on any atom is 0.408 e. The van der Waals surface area contributed by atoms with E-state index in [1.807, 2.05) is 0 Å². The zero-order valence-electron chi connectivity index (χ0n) is 20.8. The average Bonchev–Trinajstić information content (AvgIpc) is 3.30. The van der Waals surface area contributed by atoms with E-state index >= 15 is 0 Å². The predicted octanol–water partition coefficient (Wildman–Crippen LogP) is 4.25. The minimum absolute atomic E-state index is 0.0561. The zero-order valence-corrected chi connectivity index (χ0v) is 21.7. The number of halogens is 5. The Morgan fingerprint density at radius 3 is 2.49 bits per heavy atom. The van der Waals surface area contributed by atoms with Crippen molar-refractivity contribution in [2.45, 2.75) is 70.8 Å². The lowest BCUT2D eigenvalue weighted by atomic mass is 10.1. The molecule has 3 N–H and O–H groups in total. The SMILES string of the molecule is Cc1cc(N[C@@H](C)C(F)(F)F)ncc1-c1sc(C(=O)NCC(C)(C)O)nc1C(=O)N1CC(F)(F)C[C@@H]1C. The van der Waals surface area contributed by atoms with E-state index in [0.717, 1.165) is 23.2 Å². The minimum Gasteiger partial charge on any atom is -0.389 e. The van der Waals surface area contributed by atoms with Gasteiger partial charge in [0.2, 0.25) is 0 Å². The quantitative estimate of drug-likeness (QED) is 0.446. The first-order chi connectivity index (χ1) is 16.9. The molecule has 1 aliphatic rings. The molecule has 37 heavy (non-hydrogen) atoms. The second kappa shape index (κ2) is 10.1. The Labute approximate surface area is 214 Å². The highest BCUT2D eigenvalue weighted by Gasteiger charge is 2.46. The average molecular weight is 550 g/mol. The van der Waals surface area contributed by atoms with Crippen LogP contribution in [0.5, 0.6) is 0 Å². The summed E-state index contributed by atoms with van der Waals surface area (Å²) in [6.45, 7) is 6.04. The maximum atomic E-state index is 14.0. The molecule has 2 atom stereocenters. The van der Waals surface area contributed by atoms with Gasteiger partial charge in [0.25, 0.3) is 17.7 Å². The summed E-state index contributed by atoms with van der Waals surface area (Å²) in [5.41, 5.74) is -0.724. The van der Waals surface area contributed by atoms with Crippen LogP contribution in [0.4, 0.5) is 27.8 Å². The number of thiazole rings is 1. The molecule has 2 aromatic heterocycles. The van der Waals surface area contributed by atoms with Crippen molar-refractivity contribution in [2.24, 2.45) is 0 Å². The van der Waals surface area contributed by atoms with E-state index < -0.39 is 54.6 Å². The fraction of sp³-hybridized carbons (Fsp3) is 0.565. The van der Waals surface area contributed by atoms with Crippen molar-refractivity contribution in [1.29, 1.82) is 0 Å². The molecule has 1 aliphatic heterocycles. The summed E-state index contributed by atoms with van der Waals surface area (Å²) in [4.78, 5) is 35.4. The Morgan fingerprint density at radius 2 is 1.97 bits per heavy atom. The lowest BCUT2D eigenvalue weighted by Gasteiger charge is -2.21. The summed E-state index contributed by atoms with van der Waals surface area (Å²) >= 11 is 0.818. The second-order valence-electron chi connectivity index (χ2n) is 9.83. The number of alkyl halides is 5. The molecule has 204 valence electrons. The number of nitrogens with zero attached hydrogens (tertiary/aromatic N) is 3. The Bertz CT molecular complexity index is 1180. The van der Waals surface area contributed by atoms with Crippen molar-refractivity contribution < 1.29 is 36.6 Å². The lowest BCUT2D eigenvalue weighted by Crippen LogP contribution is -2.38. The molecule has 0 unspecified atom stereocenters. The van der Waals surface area contributed by atoms with Gasteiger partial charge in [-0.3, -0.25) is 9.59 Å². The third-order valence-corrected chi connectivity index (χ3v) is 6.79. The molecule has 0 spiro atoms. The maximum absolute atomic E-state index is 14.0. The number of amides is 2. The summed E-state index contributed by atoms with van der Waals surface area (Å²) in [6.07, 6.45) is -3.77. The van der Waals surface area contributed by atoms with Crippen molar-refractivity contribution in [3.05, 3.63) is 28.5 Å². The third kappa shape index (κ3) is 6.92. The number of carbonyl (C=O) groups is 2. The third-order valence-electron chi connectivity index (χ3n) is 5.70. The van der Waals surface area contributed by atoms with Crippen LogP contribution in [0.3, 0.4) is 0 Å². The number of nitrogens with one attached hydrogen (secondary N) is 2. The van der Waals surface area contributed by atoms with Gasteiger partial charge in [0.1, 0.15) is 17.6 Å². The molecule has 2 aromatic rings. The van der Waals surface area contributed by atoms with Gasteiger partial charge in [0.15, 0.2) is 5.01 Å². The molecule has 14 heteroatoms. The van der Waals surface area contributed by atoms with Crippen LogP contribution in [0, 0.1) is 6.92 Å². The van der Waals surface area contributed by atoms with E-state index in [1.54, 1.807) is 6.92 Å². The number of pyridine rings is 1. The predicted molar refractivity (Wildman–Crippen MR) is 128 cm³/mol. The number of aryl methyl sites for hydroxylation is 1. The molecule has 3 heterocycles. The number of aromatic nitrogens is 2. The molecule has 0 bridgehead atoms. The Hall–Kier alpha value is -2.87. The van der Waals surface area contributed by atoms with Crippen molar-refractivity contribution >= 4 is 29.0 Å². The normalized spacial score (nSPS) is 18.6. The van der Waals surface area contributed by atoms with E-state index in [1.165, 1.54) is 33.0 Å². The van der Waals surface area contributed by atoms with Crippen LogP contribution in [-0.4, -0.2) is 74.7 Å². The zero-order chi connectivity index (χ0) is 27.9. The number of rotatable bonds is 7. The first kappa shape index (κ1) is 28.7. The second-order valence-corrected chi connectivity index (χ2v) is 10.8. The van der Waals surface area contributed by atoms with Crippen molar-refractivity contribution in [3.8, 4) is 10.4 Å². The molecular weight excluding hydrogens is 521 g/mol. The van der Waals surface area contributed by atoms with Gasteiger partial charge in [0.05, 0.1) is 17.0 Å². The van der Waals surface area contributed by atoms with Crippen LogP contribution in [0.1, 0.15) is 60.0 Å². The number of aliphatic hydroxyl groups is 1. The van der Waals surface area contributed by atoms with Gasteiger partial charge in [-0.1, -0.05) is 0 Å². The lowest BCUT2D eigenvalue weighted by molar-refractivity contribution is -0.138. The summed E-state index contributed by atoms with van der Waals surface area (Å²) in [7, 11) is 0. The van der Waals surface area contributed by atoms with Crippen LogP contribution >= 0.6 is 11.3 Å². The van der Waals surface area contributed by atoms with Gasteiger partial charge in [-0.15, -0.1) is 11.3 Å². The van der Waals surface area contributed by atoms with Gasteiger partial charge >= 0.3 is 6.18 Å². The molecule has 2 amide bonds. The van der Waals surface area contributed by atoms with Crippen molar-refractivity contribution in [3.63, 3.8) is 0 Å². The Kier molecular flexibility index (Phi) is 7.85. The van der Waals surface area contributed by atoms with E-state index in [0.29, 0.717) is 11.1 Å². The van der Waals surface area contributed by atoms with Gasteiger partial charge < -0.3 is 20.6 Å². The number of hydrogen-bond donors (Lipinski definition) is 3. The number of carbonyl (C=O) groups excluding carboxylic acids is 2. The van der Waals surface area contributed by atoms with Crippen LogP contribution in [-0.2, 0) is 0 Å². The standard InChI is InChI=1S/C23H28F5N5O3S/c1-11-6-15(31-13(3)23(26,27)28)29-8-14(11)17-16(20(35)33-10-22(24,25)7-12(33)2)32-19(37-17)18(34)30-9-21(4,5)36/h6,8,12-13,36H,7,9-10H2,1-5H3,(H,29,31)(H,30,34)/t12-,13-/m0/s1. The monoisotopic (exact) mass is 549 g/mol. The van der Waals surface area contributed by atoms with Crippen molar-refractivity contribution in [2.75, 3.05) is 18.4 Å². The van der Waals surface area contributed by atoms with Gasteiger partial charge in [-0.05, 0) is 46.2 Å². The highest BCUT2D eigenvalue weighted by Crippen LogP contribution is 2.38. The highest BCUT2D eigenvalue weighted by molar-refractivity contribution is 7.17. The highest BCUT2D eigenvalue weighted by atomic mass is 32.1.